The van der Waals surface area contributed by atoms with Gasteiger partial charge in [-0.1, -0.05) is 35.3 Å². The highest BCUT2D eigenvalue weighted by molar-refractivity contribution is 6.42. The van der Waals surface area contributed by atoms with Crippen LogP contribution in [0.15, 0.2) is 30.3 Å². The Bertz CT molecular complexity index is 1190. The molecule has 0 aromatic heterocycles. The van der Waals surface area contributed by atoms with Crippen molar-refractivity contribution in [3.63, 3.8) is 0 Å². The van der Waals surface area contributed by atoms with Crippen molar-refractivity contribution in [2.45, 2.75) is 74.1 Å². The van der Waals surface area contributed by atoms with Gasteiger partial charge in [0.25, 0.3) is 0 Å². The molecule has 0 amide bonds. The molecule has 7 heteroatoms. The predicted molar refractivity (Wildman–Crippen MR) is 137 cm³/mol. The molecule has 2 aromatic rings. The minimum absolute atomic E-state index is 0.103. The Hall–Kier alpha value is -1.50. The maximum absolute atomic E-state index is 12.5. The minimum atomic E-state index is -0.835. The molecule has 3 aliphatic carbocycles. The second kappa shape index (κ2) is 8.00. The number of halogens is 2. The number of hydrogen-bond acceptors (Lipinski definition) is 5. The van der Waals surface area contributed by atoms with E-state index >= 15 is 0 Å². The molecule has 5 atom stereocenters. The predicted octanol–water partition coefficient (Wildman–Crippen LogP) is 4.46. The van der Waals surface area contributed by atoms with Gasteiger partial charge >= 0.3 is 0 Å². The quantitative estimate of drug-likeness (QED) is 0.530. The number of nitrogens with one attached hydrogen (secondary N) is 1. The van der Waals surface area contributed by atoms with E-state index in [0.29, 0.717) is 15.8 Å². The van der Waals surface area contributed by atoms with E-state index in [-0.39, 0.29) is 23.9 Å². The molecule has 7 rings (SSSR count). The lowest BCUT2D eigenvalue weighted by atomic mass is 9.48. The van der Waals surface area contributed by atoms with Crippen molar-refractivity contribution in [1.29, 1.82) is 0 Å². The molecular weight excluding hydrogens is 483 g/mol. The van der Waals surface area contributed by atoms with Crippen LogP contribution in [0.5, 0.6) is 11.5 Å². The third-order valence-electron chi connectivity index (χ3n) is 9.57. The zero-order chi connectivity index (χ0) is 23.9. The molecule has 35 heavy (non-hydrogen) atoms. The number of piperidine rings is 1. The van der Waals surface area contributed by atoms with Crippen LogP contribution in [0.1, 0.15) is 48.8 Å². The van der Waals surface area contributed by atoms with E-state index in [1.807, 2.05) is 18.2 Å². The van der Waals surface area contributed by atoms with Crippen molar-refractivity contribution in [3.05, 3.63) is 57.1 Å². The Kier molecular flexibility index (Phi) is 5.18. The van der Waals surface area contributed by atoms with Crippen LogP contribution in [0, 0.1) is 5.92 Å². The van der Waals surface area contributed by atoms with E-state index < -0.39 is 11.0 Å². The fourth-order valence-electron chi connectivity index (χ4n) is 7.79. The molecule has 0 unspecified atom stereocenters. The maximum Gasteiger partial charge on any atom is 0.165 e. The summed E-state index contributed by atoms with van der Waals surface area (Å²) in [7, 11) is 0. The molecule has 5 nitrogen and oxygen atoms in total. The summed E-state index contributed by atoms with van der Waals surface area (Å²) < 4.78 is 6.62. The molecule has 2 saturated carbocycles. The van der Waals surface area contributed by atoms with Gasteiger partial charge in [-0.05, 0) is 93.3 Å². The number of nitrogens with zero attached hydrogens (tertiary/aromatic N) is 1. The van der Waals surface area contributed by atoms with Crippen LogP contribution in [0.25, 0.3) is 0 Å². The highest BCUT2D eigenvalue weighted by Gasteiger charge is 2.72. The van der Waals surface area contributed by atoms with Crippen molar-refractivity contribution < 1.29 is 14.9 Å². The molecule has 1 saturated heterocycles. The highest BCUT2D eigenvalue weighted by atomic mass is 35.5. The largest absolute Gasteiger partial charge is 0.504 e. The lowest BCUT2D eigenvalue weighted by Crippen LogP contribution is -2.78. The molecule has 2 aliphatic heterocycles. The van der Waals surface area contributed by atoms with E-state index in [1.165, 1.54) is 18.4 Å². The van der Waals surface area contributed by atoms with Crippen LogP contribution in [-0.4, -0.2) is 58.5 Å². The Morgan fingerprint density at radius 1 is 1.09 bits per heavy atom. The molecule has 186 valence electrons. The van der Waals surface area contributed by atoms with Gasteiger partial charge in [0.05, 0.1) is 21.1 Å². The summed E-state index contributed by atoms with van der Waals surface area (Å²) in [6.07, 6.45) is 6.57. The molecular formula is C28H32Cl2N2O3. The fourth-order valence-corrected chi connectivity index (χ4v) is 8.11. The van der Waals surface area contributed by atoms with Crippen molar-refractivity contribution in [1.82, 2.24) is 10.2 Å². The van der Waals surface area contributed by atoms with Crippen LogP contribution in [0.4, 0.5) is 0 Å². The standard InChI is InChI=1S/C28H32Cl2N2O3/c29-19-5-3-16(13-20(19)30)8-11-31-21-7-9-28(34)23-14-18-4-6-22(33)25-24(18)27(28,26(21)35-25)10-12-32(23)15-17-1-2-17/h3-6,13,17,21,23,26,31,33-34H,1-2,7-12,14-15H2/t21-,23-,26+,27+,28-/m1/s1. The van der Waals surface area contributed by atoms with Crippen molar-refractivity contribution in [2.24, 2.45) is 5.92 Å². The maximum atomic E-state index is 12.5. The summed E-state index contributed by atoms with van der Waals surface area (Å²) in [4.78, 5) is 2.58. The van der Waals surface area contributed by atoms with Gasteiger partial charge < -0.3 is 20.3 Å². The monoisotopic (exact) mass is 514 g/mol. The number of likely N-dealkylation sites (tertiary alicyclic amines) is 1. The van der Waals surface area contributed by atoms with Crippen LogP contribution < -0.4 is 10.1 Å². The van der Waals surface area contributed by atoms with Gasteiger partial charge in [0.2, 0.25) is 0 Å². The lowest BCUT2D eigenvalue weighted by molar-refractivity contribution is -0.191. The summed E-state index contributed by atoms with van der Waals surface area (Å²) in [6.45, 7) is 2.86. The van der Waals surface area contributed by atoms with E-state index in [1.54, 1.807) is 6.07 Å². The first-order valence-corrected chi connectivity index (χ1v) is 13.8. The van der Waals surface area contributed by atoms with Crippen LogP contribution >= 0.6 is 23.2 Å². The number of hydrogen-bond donors (Lipinski definition) is 3. The number of ether oxygens (including phenoxy) is 1. The average molecular weight is 515 g/mol. The van der Waals surface area contributed by atoms with Crippen molar-refractivity contribution >= 4 is 23.2 Å². The third kappa shape index (κ3) is 3.25. The van der Waals surface area contributed by atoms with Gasteiger partial charge in [0, 0.05) is 24.2 Å². The zero-order valence-electron chi connectivity index (χ0n) is 19.8. The van der Waals surface area contributed by atoms with Crippen LogP contribution in [-0.2, 0) is 18.3 Å². The minimum Gasteiger partial charge on any atom is -0.504 e. The number of phenols is 1. The Morgan fingerprint density at radius 2 is 1.94 bits per heavy atom. The fraction of sp³-hybridized carbons (Fsp3) is 0.571. The van der Waals surface area contributed by atoms with Gasteiger partial charge in [0.15, 0.2) is 11.5 Å². The SMILES string of the molecule is Oc1ccc2c3c1O[C@H]1[C@H](NCCc4ccc(Cl)c(Cl)c4)CC[C@@]4(O)[C@@H](C2)N(CC2CC2)CC[C@]314. The molecule has 5 aliphatic rings. The van der Waals surface area contributed by atoms with E-state index in [2.05, 4.69) is 16.3 Å². The Labute approximate surface area is 216 Å². The van der Waals surface area contributed by atoms with Crippen molar-refractivity contribution in [3.8, 4) is 11.5 Å². The number of benzene rings is 2. The number of aromatic hydroxyl groups is 1. The Balaban J connectivity index is 1.20. The summed E-state index contributed by atoms with van der Waals surface area (Å²) in [5.41, 5.74) is 2.16. The summed E-state index contributed by atoms with van der Waals surface area (Å²) in [5.74, 6) is 1.60. The van der Waals surface area contributed by atoms with E-state index in [9.17, 15) is 10.2 Å². The Morgan fingerprint density at radius 3 is 2.74 bits per heavy atom. The van der Waals surface area contributed by atoms with E-state index in [4.69, 9.17) is 27.9 Å². The van der Waals surface area contributed by atoms with Gasteiger partial charge in [-0.3, -0.25) is 4.90 Å². The van der Waals surface area contributed by atoms with Crippen molar-refractivity contribution in [2.75, 3.05) is 19.6 Å². The number of phenolic OH excluding ortho intramolecular Hbond substituents is 1. The van der Waals surface area contributed by atoms with Gasteiger partial charge in [0.1, 0.15) is 6.10 Å². The molecule has 2 aromatic carbocycles. The molecule has 2 bridgehead atoms. The molecule has 1 spiro atoms. The normalized spacial score (nSPS) is 35.0. The highest BCUT2D eigenvalue weighted by Crippen LogP contribution is 2.65. The zero-order valence-corrected chi connectivity index (χ0v) is 21.3. The molecule has 3 N–H and O–H groups in total. The topological polar surface area (TPSA) is 65.0 Å². The lowest BCUT2D eigenvalue weighted by Gasteiger charge is -2.64. The summed E-state index contributed by atoms with van der Waals surface area (Å²) >= 11 is 12.3. The third-order valence-corrected chi connectivity index (χ3v) is 10.3. The smallest absolute Gasteiger partial charge is 0.165 e. The number of aliphatic hydroxyl groups is 1. The van der Waals surface area contributed by atoms with Gasteiger partial charge in [-0.2, -0.15) is 0 Å². The second-order valence-electron chi connectivity index (χ2n) is 11.4. The first kappa shape index (κ1) is 22.7. The van der Waals surface area contributed by atoms with Gasteiger partial charge in [-0.15, -0.1) is 0 Å². The van der Waals surface area contributed by atoms with Crippen LogP contribution in [0.2, 0.25) is 10.0 Å². The molecule has 2 heterocycles. The van der Waals surface area contributed by atoms with Gasteiger partial charge in [-0.25, -0.2) is 0 Å². The first-order chi connectivity index (χ1) is 16.9. The number of rotatable bonds is 6. The average Bonchev–Trinajstić information content (AvgIpc) is 3.58. The molecule has 3 fully saturated rings. The second-order valence-corrected chi connectivity index (χ2v) is 12.2. The van der Waals surface area contributed by atoms with E-state index in [0.717, 1.165) is 68.8 Å². The first-order valence-electron chi connectivity index (χ1n) is 13.1. The summed E-state index contributed by atoms with van der Waals surface area (Å²) in [5, 5.41) is 28.2. The van der Waals surface area contributed by atoms with Crippen LogP contribution in [0.3, 0.4) is 0 Å². The summed E-state index contributed by atoms with van der Waals surface area (Å²) in [6, 6.07) is 9.85. The molecule has 0 radical (unpaired) electrons.